The molecule has 3 saturated carbocycles. The third-order valence-corrected chi connectivity index (χ3v) is 11.4. The van der Waals surface area contributed by atoms with E-state index in [0.29, 0.717) is 19.3 Å². The second-order valence-corrected chi connectivity index (χ2v) is 14.4. The standard InChI is InChI=1S/C30H46O7/c1-25(2,36)12-11-21(33)30(8,37)23-19(32)14-27(5)20-10-9-16-17(13-18(31)24(35)26(16,3)4)29(20,7)22(34)15-28(23,27)6/h9,11-12,17-20,23-24,31-32,35-37H,10,13-15H2,1-8H3/b12-11+/t17-,18+,19-,20+,23+,24-,27+,28-,29-,30+/m1/s1. The fourth-order valence-corrected chi connectivity index (χ4v) is 9.15. The number of aliphatic hydroxyl groups is 5. The number of hydrogen-bond donors (Lipinski definition) is 5. The molecule has 3 fully saturated rings. The van der Waals surface area contributed by atoms with Crippen molar-refractivity contribution in [2.45, 2.75) is 111 Å². The second kappa shape index (κ2) is 8.31. The van der Waals surface area contributed by atoms with E-state index in [1.807, 2.05) is 27.7 Å². The van der Waals surface area contributed by atoms with E-state index in [4.69, 9.17) is 0 Å². The minimum Gasteiger partial charge on any atom is -0.393 e. The molecule has 0 aromatic heterocycles. The Kier molecular flexibility index (Phi) is 6.43. The van der Waals surface area contributed by atoms with Gasteiger partial charge in [0.15, 0.2) is 5.78 Å². The minimum atomic E-state index is -1.94. The van der Waals surface area contributed by atoms with Crippen LogP contribution < -0.4 is 0 Å². The first-order chi connectivity index (χ1) is 16.7. The van der Waals surface area contributed by atoms with Crippen LogP contribution in [0, 0.1) is 39.4 Å². The zero-order chi connectivity index (χ0) is 28.1. The molecular formula is C30H46O7. The maximum Gasteiger partial charge on any atom is 0.187 e. The normalized spacial score (nSPS) is 47.1. The van der Waals surface area contributed by atoms with Gasteiger partial charge < -0.3 is 25.5 Å². The van der Waals surface area contributed by atoms with Gasteiger partial charge in [-0.1, -0.05) is 52.3 Å². The summed E-state index contributed by atoms with van der Waals surface area (Å²) in [5, 5.41) is 54.6. The number of rotatable bonds is 4. The van der Waals surface area contributed by atoms with Gasteiger partial charge in [-0.25, -0.2) is 0 Å². The summed E-state index contributed by atoms with van der Waals surface area (Å²) < 4.78 is 0. The van der Waals surface area contributed by atoms with E-state index >= 15 is 0 Å². The molecule has 0 saturated heterocycles. The number of Topliss-reactive ketones (excluding diaryl/α,β-unsaturated/α-hetero) is 1. The van der Waals surface area contributed by atoms with Gasteiger partial charge in [-0.3, -0.25) is 9.59 Å². The summed E-state index contributed by atoms with van der Waals surface area (Å²) in [7, 11) is 0. The van der Waals surface area contributed by atoms with Crippen LogP contribution in [0.25, 0.3) is 0 Å². The maximum absolute atomic E-state index is 14.2. The third kappa shape index (κ3) is 3.79. The Balaban J connectivity index is 1.79. The van der Waals surface area contributed by atoms with Crippen molar-refractivity contribution < 1.29 is 35.1 Å². The summed E-state index contributed by atoms with van der Waals surface area (Å²) in [5.74, 6) is -1.88. The molecule has 0 aromatic rings. The van der Waals surface area contributed by atoms with Gasteiger partial charge in [-0.2, -0.15) is 0 Å². The van der Waals surface area contributed by atoms with Gasteiger partial charge in [-0.05, 0) is 68.8 Å². The smallest absolute Gasteiger partial charge is 0.187 e. The highest BCUT2D eigenvalue weighted by Crippen LogP contribution is 2.74. The quantitative estimate of drug-likeness (QED) is 0.285. The molecular weight excluding hydrogens is 472 g/mol. The topological polar surface area (TPSA) is 135 Å². The summed E-state index contributed by atoms with van der Waals surface area (Å²) >= 11 is 0. The summed E-state index contributed by atoms with van der Waals surface area (Å²) in [6.07, 6.45) is 3.10. The van der Waals surface area contributed by atoms with E-state index < -0.39 is 62.9 Å². The fourth-order valence-electron chi connectivity index (χ4n) is 9.15. The zero-order valence-electron chi connectivity index (χ0n) is 23.6. The summed E-state index contributed by atoms with van der Waals surface area (Å²) in [4.78, 5) is 27.4. The van der Waals surface area contributed by atoms with E-state index in [9.17, 15) is 35.1 Å². The largest absolute Gasteiger partial charge is 0.393 e. The molecule has 4 aliphatic rings. The monoisotopic (exact) mass is 518 g/mol. The summed E-state index contributed by atoms with van der Waals surface area (Å²) in [6.45, 7) is 14.3. The molecule has 0 aliphatic heterocycles. The first kappa shape index (κ1) is 28.6. The number of hydrogen-bond acceptors (Lipinski definition) is 7. The molecule has 4 aliphatic carbocycles. The van der Waals surface area contributed by atoms with Crippen molar-refractivity contribution in [3.05, 3.63) is 23.8 Å². The molecule has 37 heavy (non-hydrogen) atoms. The third-order valence-electron chi connectivity index (χ3n) is 11.4. The van der Waals surface area contributed by atoms with Crippen molar-refractivity contribution in [2.75, 3.05) is 0 Å². The SMILES string of the molecule is CC(C)(O)/C=C/C(=O)[C@](C)(O)[C@H]1[C@H](O)C[C@@]2(C)[C@@H]3CC=C4[C@@H](C[C@H](O)[C@@H](O)C4(C)C)[C@@]3(C)C(=O)C[C@]12C. The van der Waals surface area contributed by atoms with Crippen LogP contribution in [0.4, 0.5) is 0 Å². The van der Waals surface area contributed by atoms with Gasteiger partial charge in [0, 0.05) is 23.2 Å². The fraction of sp³-hybridized carbons (Fsp3) is 0.800. The van der Waals surface area contributed by atoms with Crippen LogP contribution >= 0.6 is 0 Å². The van der Waals surface area contributed by atoms with Crippen molar-refractivity contribution in [1.29, 1.82) is 0 Å². The van der Waals surface area contributed by atoms with Gasteiger partial charge in [0.25, 0.3) is 0 Å². The number of allylic oxidation sites excluding steroid dienone is 1. The molecule has 0 unspecified atom stereocenters. The van der Waals surface area contributed by atoms with Crippen molar-refractivity contribution in [3.63, 3.8) is 0 Å². The van der Waals surface area contributed by atoms with Gasteiger partial charge in [0.05, 0.1) is 23.9 Å². The lowest BCUT2D eigenvalue weighted by molar-refractivity contribution is -0.186. The first-order valence-electron chi connectivity index (χ1n) is 13.6. The van der Waals surface area contributed by atoms with E-state index in [1.54, 1.807) is 0 Å². The molecule has 10 atom stereocenters. The van der Waals surface area contributed by atoms with E-state index in [2.05, 4.69) is 13.0 Å². The molecule has 0 radical (unpaired) electrons. The number of ketones is 2. The number of fused-ring (bicyclic) bond motifs is 5. The van der Waals surface area contributed by atoms with Crippen LogP contribution in [-0.2, 0) is 9.59 Å². The summed E-state index contributed by atoms with van der Waals surface area (Å²) in [5.41, 5.74) is -5.07. The molecule has 5 N–H and O–H groups in total. The number of carbonyl (C=O) groups excluding carboxylic acids is 2. The molecule has 0 bridgehead atoms. The predicted octanol–water partition coefficient (Wildman–Crippen LogP) is 2.72. The Morgan fingerprint density at radius 2 is 1.59 bits per heavy atom. The Hall–Kier alpha value is -1.38. The van der Waals surface area contributed by atoms with Crippen LogP contribution in [0.1, 0.15) is 81.1 Å². The molecule has 0 aromatic carbocycles. The van der Waals surface area contributed by atoms with Crippen LogP contribution in [0.3, 0.4) is 0 Å². The molecule has 0 spiro atoms. The molecule has 208 valence electrons. The lowest BCUT2D eigenvalue weighted by atomic mass is 9.38. The first-order valence-corrected chi connectivity index (χ1v) is 13.6. The molecule has 4 rings (SSSR count). The van der Waals surface area contributed by atoms with Crippen molar-refractivity contribution in [2.24, 2.45) is 39.4 Å². The minimum absolute atomic E-state index is 0.0156. The van der Waals surface area contributed by atoms with Crippen molar-refractivity contribution >= 4 is 11.6 Å². The van der Waals surface area contributed by atoms with Crippen LogP contribution in [0.5, 0.6) is 0 Å². The maximum atomic E-state index is 14.2. The number of aliphatic hydroxyl groups excluding tert-OH is 3. The average molecular weight is 519 g/mol. The van der Waals surface area contributed by atoms with Gasteiger partial charge in [-0.15, -0.1) is 0 Å². The lowest BCUT2D eigenvalue weighted by Crippen LogP contribution is -2.65. The Bertz CT molecular complexity index is 1050. The molecule has 0 heterocycles. The van der Waals surface area contributed by atoms with E-state index in [-0.39, 0.29) is 24.0 Å². The lowest BCUT2D eigenvalue weighted by Gasteiger charge is -2.65. The average Bonchev–Trinajstić information content (AvgIpc) is 2.96. The van der Waals surface area contributed by atoms with E-state index in [0.717, 1.165) is 5.57 Å². The zero-order valence-corrected chi connectivity index (χ0v) is 23.6. The second-order valence-electron chi connectivity index (χ2n) is 14.4. The van der Waals surface area contributed by atoms with Crippen molar-refractivity contribution in [1.82, 2.24) is 0 Å². The van der Waals surface area contributed by atoms with Gasteiger partial charge >= 0.3 is 0 Å². The van der Waals surface area contributed by atoms with Crippen molar-refractivity contribution in [3.8, 4) is 0 Å². The van der Waals surface area contributed by atoms with E-state index in [1.165, 1.54) is 32.9 Å². The number of carbonyl (C=O) groups is 2. The highest BCUT2D eigenvalue weighted by molar-refractivity contribution is 5.97. The Morgan fingerprint density at radius 3 is 2.16 bits per heavy atom. The highest BCUT2D eigenvalue weighted by atomic mass is 16.3. The molecule has 7 nitrogen and oxygen atoms in total. The Morgan fingerprint density at radius 1 is 1.00 bits per heavy atom. The molecule has 7 heteroatoms. The van der Waals surface area contributed by atoms with Crippen LogP contribution in [0.2, 0.25) is 0 Å². The predicted molar refractivity (Wildman–Crippen MR) is 139 cm³/mol. The van der Waals surface area contributed by atoms with Gasteiger partial charge in [0.1, 0.15) is 11.4 Å². The van der Waals surface area contributed by atoms with Crippen LogP contribution in [0.15, 0.2) is 23.8 Å². The Labute approximate surface area is 220 Å². The summed E-state index contributed by atoms with van der Waals surface area (Å²) in [6, 6.07) is 0. The molecule has 0 amide bonds. The highest BCUT2D eigenvalue weighted by Gasteiger charge is 2.74. The van der Waals surface area contributed by atoms with Gasteiger partial charge in [0.2, 0.25) is 0 Å². The van der Waals surface area contributed by atoms with Crippen LogP contribution in [-0.4, -0.2) is 66.6 Å².